The molecule has 0 amide bonds. The number of hydrogen-bond acceptors (Lipinski definition) is 1. The van der Waals surface area contributed by atoms with Crippen LogP contribution in [0.2, 0.25) is 0 Å². The second-order valence-corrected chi connectivity index (χ2v) is 4.77. The van der Waals surface area contributed by atoms with E-state index in [0.29, 0.717) is 0 Å². The van der Waals surface area contributed by atoms with Crippen molar-refractivity contribution in [1.29, 1.82) is 0 Å². The van der Waals surface area contributed by atoms with Crippen LogP contribution in [0, 0.1) is 17.6 Å². The third-order valence-corrected chi connectivity index (χ3v) is 3.36. The Kier molecular flexibility index (Phi) is 4.11. The minimum atomic E-state index is -0.438. The highest BCUT2D eigenvalue weighted by Crippen LogP contribution is 2.36. The molecule has 0 spiro atoms. The largest absolute Gasteiger partial charge is 0.310 e. The highest BCUT2D eigenvalue weighted by Gasteiger charge is 2.25. The molecule has 1 aromatic rings. The van der Waals surface area contributed by atoms with E-state index in [1.807, 2.05) is 6.92 Å². The van der Waals surface area contributed by atoms with E-state index in [1.165, 1.54) is 31.0 Å². The van der Waals surface area contributed by atoms with E-state index in [4.69, 9.17) is 0 Å². The minimum Gasteiger partial charge on any atom is -0.310 e. The summed E-state index contributed by atoms with van der Waals surface area (Å²) in [6, 6.07) is 3.89. The van der Waals surface area contributed by atoms with E-state index in [2.05, 4.69) is 5.32 Å². The summed E-state index contributed by atoms with van der Waals surface area (Å²) in [6.07, 6.45) is 4.43. The molecule has 1 N–H and O–H groups in total. The lowest BCUT2D eigenvalue weighted by Crippen LogP contribution is -2.23. The third-order valence-electron chi connectivity index (χ3n) is 3.36. The summed E-state index contributed by atoms with van der Waals surface area (Å²) in [5.74, 6) is -0.0931. The summed E-state index contributed by atoms with van der Waals surface area (Å²) < 4.78 is 27.4. The van der Waals surface area contributed by atoms with Gasteiger partial charge in [-0.1, -0.05) is 25.8 Å². The molecule has 0 bridgehead atoms. The molecule has 0 aromatic heterocycles. The summed E-state index contributed by atoms with van der Waals surface area (Å²) in [7, 11) is 0. The fourth-order valence-corrected chi connectivity index (χ4v) is 2.25. The topological polar surface area (TPSA) is 12.0 Å². The number of nitrogens with one attached hydrogen (secondary N) is 1. The third kappa shape index (κ3) is 3.25. The first-order valence-electron chi connectivity index (χ1n) is 6.39. The standard InChI is InChI=1S/C14H19F2N/c1-2-17-13(9-8-10-6-7-10)14-11(15)4-3-5-12(14)16/h3-5,10,13,17H,2,6-9H2,1H3. The molecule has 1 aromatic carbocycles. The fraction of sp³-hybridized carbons (Fsp3) is 0.571. The first kappa shape index (κ1) is 12.5. The summed E-state index contributed by atoms with van der Waals surface area (Å²) in [5.41, 5.74) is 0.204. The number of hydrogen-bond donors (Lipinski definition) is 1. The van der Waals surface area contributed by atoms with Gasteiger partial charge in [-0.2, -0.15) is 0 Å². The molecule has 1 fully saturated rings. The molecule has 2 rings (SSSR count). The lowest BCUT2D eigenvalue weighted by atomic mass is 9.99. The van der Waals surface area contributed by atoms with Crippen molar-refractivity contribution in [2.45, 2.75) is 38.6 Å². The second-order valence-electron chi connectivity index (χ2n) is 4.77. The summed E-state index contributed by atoms with van der Waals surface area (Å²) in [5, 5.41) is 3.18. The lowest BCUT2D eigenvalue weighted by molar-refractivity contribution is 0.436. The smallest absolute Gasteiger partial charge is 0.130 e. The van der Waals surface area contributed by atoms with Crippen LogP contribution in [0.15, 0.2) is 18.2 Å². The van der Waals surface area contributed by atoms with Crippen molar-refractivity contribution in [2.75, 3.05) is 6.54 Å². The molecule has 0 saturated heterocycles. The zero-order valence-electron chi connectivity index (χ0n) is 10.2. The van der Waals surface area contributed by atoms with Crippen molar-refractivity contribution in [3.05, 3.63) is 35.4 Å². The Morgan fingerprint density at radius 1 is 1.29 bits per heavy atom. The van der Waals surface area contributed by atoms with Gasteiger partial charge in [0.1, 0.15) is 11.6 Å². The van der Waals surface area contributed by atoms with Gasteiger partial charge in [0, 0.05) is 11.6 Å². The molecular formula is C14H19F2N. The van der Waals surface area contributed by atoms with Gasteiger partial charge < -0.3 is 5.32 Å². The highest BCUT2D eigenvalue weighted by atomic mass is 19.1. The van der Waals surface area contributed by atoms with Gasteiger partial charge in [0.15, 0.2) is 0 Å². The number of halogens is 2. The maximum absolute atomic E-state index is 13.7. The van der Waals surface area contributed by atoms with Gasteiger partial charge in [-0.15, -0.1) is 0 Å². The monoisotopic (exact) mass is 239 g/mol. The van der Waals surface area contributed by atoms with Crippen LogP contribution in [0.4, 0.5) is 8.78 Å². The van der Waals surface area contributed by atoms with Gasteiger partial charge in [0.2, 0.25) is 0 Å². The van der Waals surface area contributed by atoms with Crippen molar-refractivity contribution in [2.24, 2.45) is 5.92 Å². The molecule has 1 saturated carbocycles. The van der Waals surface area contributed by atoms with Crippen LogP contribution >= 0.6 is 0 Å². The first-order valence-corrected chi connectivity index (χ1v) is 6.39. The van der Waals surface area contributed by atoms with Gasteiger partial charge in [-0.05, 0) is 37.4 Å². The summed E-state index contributed by atoms with van der Waals surface area (Å²) in [6.45, 7) is 2.69. The Balaban J connectivity index is 2.11. The van der Waals surface area contributed by atoms with Crippen LogP contribution in [0.1, 0.15) is 44.2 Å². The van der Waals surface area contributed by atoms with E-state index in [-0.39, 0.29) is 11.6 Å². The number of rotatable bonds is 6. The quantitative estimate of drug-likeness (QED) is 0.796. The average molecular weight is 239 g/mol. The molecule has 1 nitrogen and oxygen atoms in total. The molecule has 1 aliphatic rings. The maximum atomic E-state index is 13.7. The van der Waals surface area contributed by atoms with Gasteiger partial charge in [-0.25, -0.2) is 8.78 Å². The van der Waals surface area contributed by atoms with Gasteiger partial charge >= 0.3 is 0 Å². The van der Waals surface area contributed by atoms with Crippen LogP contribution < -0.4 is 5.32 Å². The summed E-state index contributed by atoms with van der Waals surface area (Å²) >= 11 is 0. The Morgan fingerprint density at radius 3 is 2.47 bits per heavy atom. The first-order chi connectivity index (χ1) is 8.22. The highest BCUT2D eigenvalue weighted by molar-refractivity contribution is 5.23. The van der Waals surface area contributed by atoms with Crippen molar-refractivity contribution in [3.63, 3.8) is 0 Å². The molecule has 1 atom stereocenters. The van der Waals surface area contributed by atoms with Crippen LogP contribution in [-0.2, 0) is 0 Å². The molecule has 0 radical (unpaired) electrons. The van der Waals surface area contributed by atoms with E-state index in [0.717, 1.165) is 25.3 Å². The van der Waals surface area contributed by atoms with Gasteiger partial charge in [0.05, 0.1) is 0 Å². The number of benzene rings is 1. The molecule has 0 heterocycles. The summed E-state index contributed by atoms with van der Waals surface area (Å²) in [4.78, 5) is 0. The van der Waals surface area contributed by atoms with Crippen LogP contribution in [-0.4, -0.2) is 6.54 Å². The van der Waals surface area contributed by atoms with Crippen LogP contribution in [0.25, 0.3) is 0 Å². The molecule has 0 aliphatic heterocycles. The Morgan fingerprint density at radius 2 is 1.94 bits per heavy atom. The van der Waals surface area contributed by atoms with E-state index in [9.17, 15) is 8.78 Å². The van der Waals surface area contributed by atoms with E-state index >= 15 is 0 Å². The molecule has 17 heavy (non-hydrogen) atoms. The van der Waals surface area contributed by atoms with E-state index in [1.54, 1.807) is 0 Å². The molecular weight excluding hydrogens is 220 g/mol. The minimum absolute atomic E-state index is 0.193. The SMILES string of the molecule is CCNC(CCC1CC1)c1c(F)cccc1F. The average Bonchev–Trinajstić information content (AvgIpc) is 3.09. The van der Waals surface area contributed by atoms with Gasteiger partial charge in [0.25, 0.3) is 0 Å². The van der Waals surface area contributed by atoms with Gasteiger partial charge in [-0.3, -0.25) is 0 Å². The van der Waals surface area contributed by atoms with Crippen molar-refractivity contribution >= 4 is 0 Å². The molecule has 94 valence electrons. The predicted molar refractivity (Wildman–Crippen MR) is 64.7 cm³/mol. The molecule has 1 aliphatic carbocycles. The van der Waals surface area contributed by atoms with Crippen LogP contribution in [0.5, 0.6) is 0 Å². The van der Waals surface area contributed by atoms with E-state index < -0.39 is 11.6 Å². The molecule has 1 unspecified atom stereocenters. The normalized spacial score (nSPS) is 17.1. The molecule has 3 heteroatoms. The Hall–Kier alpha value is -0.960. The lowest BCUT2D eigenvalue weighted by Gasteiger charge is -2.19. The van der Waals surface area contributed by atoms with Crippen LogP contribution in [0.3, 0.4) is 0 Å². The Bertz CT molecular complexity index is 354. The maximum Gasteiger partial charge on any atom is 0.130 e. The zero-order valence-corrected chi connectivity index (χ0v) is 10.2. The van der Waals surface area contributed by atoms with Crippen molar-refractivity contribution < 1.29 is 8.78 Å². The fourth-order valence-electron chi connectivity index (χ4n) is 2.25. The zero-order chi connectivity index (χ0) is 12.3. The van der Waals surface area contributed by atoms with Crippen molar-refractivity contribution in [3.8, 4) is 0 Å². The van der Waals surface area contributed by atoms with Crippen molar-refractivity contribution in [1.82, 2.24) is 5.32 Å². The second kappa shape index (κ2) is 5.58. The Labute approximate surface area is 101 Å². The predicted octanol–water partition coefficient (Wildman–Crippen LogP) is 3.81.